The lowest BCUT2D eigenvalue weighted by Gasteiger charge is -2.02. The van der Waals surface area contributed by atoms with Crippen molar-refractivity contribution in [3.8, 4) is 11.5 Å². The Bertz CT molecular complexity index is 368. The van der Waals surface area contributed by atoms with E-state index in [-0.39, 0.29) is 11.5 Å². The van der Waals surface area contributed by atoms with Gasteiger partial charge in [-0.1, -0.05) is 0 Å². The Hall–Kier alpha value is -2.24. The van der Waals surface area contributed by atoms with Crippen LogP contribution in [0.1, 0.15) is 25.0 Å². The first-order valence-corrected chi connectivity index (χ1v) is 4.96. The van der Waals surface area contributed by atoms with Gasteiger partial charge in [0.25, 0.3) is 11.9 Å². The highest BCUT2D eigenvalue weighted by molar-refractivity contribution is 5.63. The van der Waals surface area contributed by atoms with Gasteiger partial charge < -0.3 is 20.4 Å². The largest absolute Gasteiger partial charge is 0.508 e. The molecule has 1 aromatic carbocycles. The Labute approximate surface area is 105 Å². The molecule has 0 aliphatic rings. The van der Waals surface area contributed by atoms with Gasteiger partial charge in [0.2, 0.25) is 0 Å². The number of aryl methyl sites for hydroxylation is 2. The first-order valence-electron chi connectivity index (χ1n) is 4.96. The van der Waals surface area contributed by atoms with Crippen LogP contribution in [0.25, 0.3) is 0 Å². The number of rotatable bonds is 0. The summed E-state index contributed by atoms with van der Waals surface area (Å²) >= 11 is 0. The standard InChI is InChI=1S/C8H10O2.2C2H4O2/c1-5-3-7(9)4-6(2)8(5)10;2*1-2(3)4/h3-4,9-10H,1-2H3;2*1H3,(H,3,4). The molecule has 0 saturated heterocycles. The summed E-state index contributed by atoms with van der Waals surface area (Å²) in [4.78, 5) is 18.0. The lowest BCUT2D eigenvalue weighted by Crippen LogP contribution is -1.78. The van der Waals surface area contributed by atoms with Gasteiger partial charge >= 0.3 is 0 Å². The third kappa shape index (κ3) is 11.8. The first-order chi connectivity index (χ1) is 8.07. The molecule has 0 amide bonds. The van der Waals surface area contributed by atoms with Crippen LogP contribution in [0.5, 0.6) is 11.5 Å². The van der Waals surface area contributed by atoms with E-state index >= 15 is 0 Å². The van der Waals surface area contributed by atoms with Gasteiger partial charge in [0, 0.05) is 13.8 Å². The van der Waals surface area contributed by atoms with Crippen molar-refractivity contribution in [2.24, 2.45) is 0 Å². The zero-order valence-electron chi connectivity index (χ0n) is 10.8. The van der Waals surface area contributed by atoms with Gasteiger partial charge in [-0.15, -0.1) is 0 Å². The summed E-state index contributed by atoms with van der Waals surface area (Å²) in [6.45, 7) is 5.67. The molecule has 0 aliphatic heterocycles. The Kier molecular flexibility index (Phi) is 8.93. The molecule has 6 heteroatoms. The minimum atomic E-state index is -0.833. The van der Waals surface area contributed by atoms with Crippen LogP contribution >= 0.6 is 0 Å². The maximum atomic E-state index is 9.22. The van der Waals surface area contributed by atoms with Crippen LogP contribution in [0.2, 0.25) is 0 Å². The van der Waals surface area contributed by atoms with Gasteiger partial charge in [0.1, 0.15) is 11.5 Å². The second kappa shape index (κ2) is 8.86. The second-order valence-corrected chi connectivity index (χ2v) is 3.47. The maximum Gasteiger partial charge on any atom is 0.300 e. The van der Waals surface area contributed by atoms with Crippen molar-refractivity contribution in [1.29, 1.82) is 0 Å². The van der Waals surface area contributed by atoms with Crippen molar-refractivity contribution in [3.63, 3.8) is 0 Å². The molecular formula is C12H18O6. The third-order valence-corrected chi connectivity index (χ3v) is 1.48. The van der Waals surface area contributed by atoms with E-state index in [9.17, 15) is 5.11 Å². The third-order valence-electron chi connectivity index (χ3n) is 1.48. The number of hydrogen-bond acceptors (Lipinski definition) is 4. The van der Waals surface area contributed by atoms with E-state index < -0.39 is 11.9 Å². The molecule has 18 heavy (non-hydrogen) atoms. The van der Waals surface area contributed by atoms with Gasteiger partial charge in [-0.2, -0.15) is 0 Å². The second-order valence-electron chi connectivity index (χ2n) is 3.47. The summed E-state index contributed by atoms with van der Waals surface area (Å²) < 4.78 is 0. The monoisotopic (exact) mass is 258 g/mol. The van der Waals surface area contributed by atoms with E-state index in [0.717, 1.165) is 13.8 Å². The van der Waals surface area contributed by atoms with E-state index in [1.54, 1.807) is 13.8 Å². The molecule has 4 N–H and O–H groups in total. The minimum absolute atomic E-state index is 0.202. The molecule has 0 unspecified atom stereocenters. The van der Waals surface area contributed by atoms with Crippen molar-refractivity contribution in [3.05, 3.63) is 23.3 Å². The molecular weight excluding hydrogens is 240 g/mol. The molecule has 102 valence electrons. The van der Waals surface area contributed by atoms with Crippen LogP contribution < -0.4 is 0 Å². The summed E-state index contributed by atoms with van der Waals surface area (Å²) in [5, 5.41) is 33.1. The van der Waals surface area contributed by atoms with E-state index in [1.165, 1.54) is 12.1 Å². The first kappa shape index (κ1) is 18.1. The van der Waals surface area contributed by atoms with Gasteiger partial charge in [-0.3, -0.25) is 9.59 Å². The Morgan fingerprint density at radius 2 is 1.11 bits per heavy atom. The minimum Gasteiger partial charge on any atom is -0.508 e. The predicted molar refractivity (Wildman–Crippen MR) is 65.9 cm³/mol. The molecule has 0 aliphatic carbocycles. The number of carbonyl (C=O) groups is 2. The number of carboxylic acids is 2. The Morgan fingerprint density at radius 1 is 0.889 bits per heavy atom. The average Bonchev–Trinajstić information content (AvgIpc) is 2.11. The molecule has 0 heterocycles. The van der Waals surface area contributed by atoms with Crippen LogP contribution in [0.4, 0.5) is 0 Å². The highest BCUT2D eigenvalue weighted by atomic mass is 16.4. The summed E-state index contributed by atoms with van der Waals surface area (Å²) in [5.74, 6) is -1.20. The number of hydrogen-bond donors (Lipinski definition) is 4. The van der Waals surface area contributed by atoms with Crippen molar-refractivity contribution in [2.45, 2.75) is 27.7 Å². The van der Waals surface area contributed by atoms with Crippen LogP contribution in [0, 0.1) is 13.8 Å². The van der Waals surface area contributed by atoms with Crippen molar-refractivity contribution >= 4 is 11.9 Å². The molecule has 0 bridgehead atoms. The average molecular weight is 258 g/mol. The molecule has 6 nitrogen and oxygen atoms in total. The number of aliphatic carboxylic acids is 2. The number of phenolic OH excluding ortho intramolecular Hbond substituents is 2. The molecule has 0 fully saturated rings. The molecule has 0 radical (unpaired) electrons. The number of phenols is 2. The van der Waals surface area contributed by atoms with Crippen LogP contribution in [0.3, 0.4) is 0 Å². The molecule has 0 atom stereocenters. The molecule has 1 rings (SSSR count). The molecule has 0 aromatic heterocycles. The lowest BCUT2D eigenvalue weighted by molar-refractivity contribution is -0.135. The van der Waals surface area contributed by atoms with E-state index in [4.69, 9.17) is 24.9 Å². The fourth-order valence-corrected chi connectivity index (χ4v) is 0.933. The SMILES string of the molecule is CC(=O)O.CC(=O)O.Cc1cc(O)cc(C)c1O. The zero-order chi connectivity index (χ0) is 14.9. The summed E-state index contributed by atoms with van der Waals surface area (Å²) in [5.41, 5.74) is 1.41. The number of carboxylic acid groups (broad SMARTS) is 2. The Balaban J connectivity index is 0. The number of aromatic hydroxyl groups is 2. The number of benzene rings is 1. The van der Waals surface area contributed by atoms with Crippen molar-refractivity contribution in [1.82, 2.24) is 0 Å². The van der Waals surface area contributed by atoms with Gasteiger partial charge in [0.05, 0.1) is 0 Å². The predicted octanol–water partition coefficient (Wildman–Crippen LogP) is 1.90. The summed E-state index contributed by atoms with van der Waals surface area (Å²) in [7, 11) is 0. The van der Waals surface area contributed by atoms with Gasteiger partial charge in [-0.25, -0.2) is 0 Å². The fraction of sp³-hybridized carbons (Fsp3) is 0.333. The zero-order valence-corrected chi connectivity index (χ0v) is 10.8. The topological polar surface area (TPSA) is 115 Å². The highest BCUT2D eigenvalue weighted by Gasteiger charge is 2.00. The van der Waals surface area contributed by atoms with Crippen LogP contribution in [-0.2, 0) is 9.59 Å². The quantitative estimate of drug-likeness (QED) is 0.528. The fourth-order valence-electron chi connectivity index (χ4n) is 0.933. The van der Waals surface area contributed by atoms with Gasteiger partial charge in [0.15, 0.2) is 0 Å². The normalized spacial score (nSPS) is 8.22. The smallest absolute Gasteiger partial charge is 0.300 e. The van der Waals surface area contributed by atoms with Crippen LogP contribution in [-0.4, -0.2) is 32.4 Å². The maximum absolute atomic E-state index is 9.22. The Morgan fingerprint density at radius 3 is 1.33 bits per heavy atom. The van der Waals surface area contributed by atoms with E-state index in [1.807, 2.05) is 0 Å². The van der Waals surface area contributed by atoms with Crippen molar-refractivity contribution in [2.75, 3.05) is 0 Å². The molecule has 1 aromatic rings. The highest BCUT2D eigenvalue weighted by Crippen LogP contribution is 2.25. The lowest BCUT2D eigenvalue weighted by atomic mass is 10.1. The summed E-state index contributed by atoms with van der Waals surface area (Å²) in [6.07, 6.45) is 0. The van der Waals surface area contributed by atoms with Crippen LogP contribution in [0.15, 0.2) is 12.1 Å². The molecule has 0 saturated carbocycles. The van der Waals surface area contributed by atoms with Crippen molar-refractivity contribution < 1.29 is 30.0 Å². The summed E-state index contributed by atoms with van der Waals surface area (Å²) in [6, 6.07) is 3.06. The van der Waals surface area contributed by atoms with E-state index in [0.29, 0.717) is 11.1 Å². The van der Waals surface area contributed by atoms with E-state index in [2.05, 4.69) is 0 Å². The van der Waals surface area contributed by atoms with Gasteiger partial charge in [-0.05, 0) is 37.1 Å². The molecule has 0 spiro atoms.